The zero-order valence-electron chi connectivity index (χ0n) is 16.3. The first-order chi connectivity index (χ1) is 13.6. The summed E-state index contributed by atoms with van der Waals surface area (Å²) in [6.07, 6.45) is 3.86. The average molecular weight is 380 g/mol. The van der Waals surface area contributed by atoms with Gasteiger partial charge in [0.25, 0.3) is 0 Å². The standard InChI is InChI=1S/C23H24O5/c1-26-19-13-12-17(22(27-2)23(19)28-3)14-16-10-7-11-18(21(16)25)20(24)15-8-5-4-6-9-15/h4-6,8-9,12-14,25H,7,10-11H2,1-3H3/b16-14+. The molecule has 0 spiro atoms. The molecule has 1 aliphatic rings. The number of rotatable bonds is 6. The van der Waals surface area contributed by atoms with Crippen LogP contribution in [0.2, 0.25) is 0 Å². The highest BCUT2D eigenvalue weighted by Crippen LogP contribution is 2.42. The lowest BCUT2D eigenvalue weighted by atomic mass is 9.87. The van der Waals surface area contributed by atoms with Gasteiger partial charge in [-0.15, -0.1) is 0 Å². The molecule has 0 amide bonds. The maximum Gasteiger partial charge on any atom is 0.203 e. The molecule has 0 saturated heterocycles. The molecule has 0 fully saturated rings. The van der Waals surface area contributed by atoms with E-state index in [0.29, 0.717) is 46.8 Å². The lowest BCUT2D eigenvalue weighted by Crippen LogP contribution is -2.12. The van der Waals surface area contributed by atoms with Gasteiger partial charge < -0.3 is 19.3 Å². The first-order valence-electron chi connectivity index (χ1n) is 9.12. The van der Waals surface area contributed by atoms with Crippen molar-refractivity contribution in [3.63, 3.8) is 0 Å². The molecule has 0 saturated carbocycles. The number of benzene rings is 2. The van der Waals surface area contributed by atoms with Crippen molar-refractivity contribution < 1.29 is 24.1 Å². The van der Waals surface area contributed by atoms with Gasteiger partial charge in [0.2, 0.25) is 5.75 Å². The van der Waals surface area contributed by atoms with Crippen molar-refractivity contribution >= 4 is 11.9 Å². The van der Waals surface area contributed by atoms with Crippen LogP contribution in [0.4, 0.5) is 0 Å². The van der Waals surface area contributed by atoms with Crippen LogP contribution in [0.5, 0.6) is 17.2 Å². The second-order valence-corrected chi connectivity index (χ2v) is 6.47. The molecular formula is C23H24O5. The molecule has 146 valence electrons. The number of aliphatic hydroxyl groups is 1. The predicted octanol–water partition coefficient (Wildman–Crippen LogP) is 4.97. The van der Waals surface area contributed by atoms with Crippen molar-refractivity contribution in [1.29, 1.82) is 0 Å². The zero-order chi connectivity index (χ0) is 20.1. The summed E-state index contributed by atoms with van der Waals surface area (Å²) in [5.74, 6) is 1.48. The smallest absolute Gasteiger partial charge is 0.203 e. The third kappa shape index (κ3) is 3.74. The fourth-order valence-electron chi connectivity index (χ4n) is 3.44. The summed E-state index contributed by atoms with van der Waals surface area (Å²) in [6.45, 7) is 0. The molecule has 0 heterocycles. The SMILES string of the molecule is COc1ccc(/C=C2\CCCC(C(=O)c3ccccc3)=C2O)c(OC)c1OC. The zero-order valence-corrected chi connectivity index (χ0v) is 16.3. The third-order valence-corrected chi connectivity index (χ3v) is 4.84. The van der Waals surface area contributed by atoms with Crippen LogP contribution in [-0.2, 0) is 0 Å². The van der Waals surface area contributed by atoms with Crippen LogP contribution in [0.3, 0.4) is 0 Å². The summed E-state index contributed by atoms with van der Waals surface area (Å²) in [7, 11) is 4.67. The summed E-state index contributed by atoms with van der Waals surface area (Å²) in [5.41, 5.74) is 2.48. The van der Waals surface area contributed by atoms with Crippen LogP contribution in [-0.4, -0.2) is 32.2 Å². The van der Waals surface area contributed by atoms with Gasteiger partial charge >= 0.3 is 0 Å². The van der Waals surface area contributed by atoms with E-state index >= 15 is 0 Å². The molecule has 28 heavy (non-hydrogen) atoms. The van der Waals surface area contributed by atoms with Gasteiger partial charge in [-0.2, -0.15) is 0 Å². The van der Waals surface area contributed by atoms with Crippen LogP contribution >= 0.6 is 0 Å². The van der Waals surface area contributed by atoms with E-state index in [2.05, 4.69) is 0 Å². The van der Waals surface area contributed by atoms with Gasteiger partial charge in [-0.3, -0.25) is 4.79 Å². The Morgan fingerprint density at radius 2 is 1.64 bits per heavy atom. The lowest BCUT2D eigenvalue weighted by Gasteiger charge is -2.19. The quantitative estimate of drug-likeness (QED) is 0.717. The molecule has 2 aromatic carbocycles. The predicted molar refractivity (Wildman–Crippen MR) is 108 cm³/mol. The molecule has 0 aromatic heterocycles. The van der Waals surface area contributed by atoms with Crippen molar-refractivity contribution in [2.45, 2.75) is 19.3 Å². The van der Waals surface area contributed by atoms with Gasteiger partial charge in [-0.1, -0.05) is 30.3 Å². The Morgan fingerprint density at radius 3 is 2.29 bits per heavy atom. The topological polar surface area (TPSA) is 65.0 Å². The fourth-order valence-corrected chi connectivity index (χ4v) is 3.44. The van der Waals surface area contributed by atoms with Crippen molar-refractivity contribution in [2.24, 2.45) is 0 Å². The number of ether oxygens (including phenoxy) is 3. The van der Waals surface area contributed by atoms with Crippen molar-refractivity contribution in [1.82, 2.24) is 0 Å². The molecule has 1 aliphatic carbocycles. The summed E-state index contributed by atoms with van der Waals surface area (Å²) < 4.78 is 16.3. The maximum absolute atomic E-state index is 12.8. The molecule has 0 unspecified atom stereocenters. The Morgan fingerprint density at radius 1 is 0.929 bits per heavy atom. The van der Waals surface area contributed by atoms with E-state index in [1.54, 1.807) is 39.5 Å². The Balaban J connectivity index is 2.04. The van der Waals surface area contributed by atoms with E-state index in [-0.39, 0.29) is 11.5 Å². The fraction of sp³-hybridized carbons (Fsp3) is 0.261. The number of Topliss-reactive ketones (excluding diaryl/α,β-unsaturated/α-hetero) is 1. The minimum absolute atomic E-state index is 0.0527. The first-order valence-corrected chi connectivity index (χ1v) is 9.12. The highest BCUT2D eigenvalue weighted by atomic mass is 16.5. The van der Waals surface area contributed by atoms with Crippen molar-refractivity contribution in [3.05, 3.63) is 70.5 Å². The molecule has 3 rings (SSSR count). The van der Waals surface area contributed by atoms with E-state index < -0.39 is 0 Å². The highest BCUT2D eigenvalue weighted by molar-refractivity contribution is 6.09. The minimum atomic E-state index is -0.136. The largest absolute Gasteiger partial charge is 0.507 e. The summed E-state index contributed by atoms with van der Waals surface area (Å²) in [6, 6.07) is 12.6. The molecular weight excluding hydrogens is 356 g/mol. The summed E-state index contributed by atoms with van der Waals surface area (Å²) >= 11 is 0. The molecule has 2 aromatic rings. The number of carbonyl (C=O) groups is 1. The van der Waals surface area contributed by atoms with E-state index in [4.69, 9.17) is 14.2 Å². The van der Waals surface area contributed by atoms with E-state index in [1.165, 1.54) is 0 Å². The van der Waals surface area contributed by atoms with Crippen LogP contribution in [0, 0.1) is 0 Å². The monoisotopic (exact) mass is 380 g/mol. The highest BCUT2D eigenvalue weighted by Gasteiger charge is 2.24. The van der Waals surface area contributed by atoms with E-state index in [0.717, 1.165) is 12.0 Å². The number of hydrogen-bond donors (Lipinski definition) is 1. The lowest BCUT2D eigenvalue weighted by molar-refractivity contribution is 0.102. The van der Waals surface area contributed by atoms with Crippen molar-refractivity contribution in [3.8, 4) is 17.2 Å². The van der Waals surface area contributed by atoms with Crippen molar-refractivity contribution in [2.75, 3.05) is 21.3 Å². The number of allylic oxidation sites excluding steroid dienone is 2. The van der Waals surface area contributed by atoms with E-state index in [1.807, 2.05) is 30.3 Å². The molecule has 0 radical (unpaired) electrons. The molecule has 1 N–H and O–H groups in total. The third-order valence-electron chi connectivity index (χ3n) is 4.84. The second kappa shape index (κ2) is 8.65. The number of carbonyl (C=O) groups excluding carboxylic acids is 1. The molecule has 5 nitrogen and oxygen atoms in total. The van der Waals surface area contributed by atoms with Gasteiger partial charge in [0.1, 0.15) is 5.76 Å². The van der Waals surface area contributed by atoms with Gasteiger partial charge in [0, 0.05) is 16.7 Å². The normalized spacial score (nSPS) is 15.5. The Bertz CT molecular complexity index is 926. The number of ketones is 1. The Hall–Kier alpha value is -3.21. The Kier molecular flexibility index (Phi) is 6.04. The van der Waals surface area contributed by atoms with Crippen LogP contribution in [0.1, 0.15) is 35.2 Å². The molecule has 0 bridgehead atoms. The molecule has 0 atom stereocenters. The average Bonchev–Trinajstić information content (AvgIpc) is 2.74. The minimum Gasteiger partial charge on any atom is -0.507 e. The molecule has 0 aliphatic heterocycles. The molecule has 5 heteroatoms. The number of hydrogen-bond acceptors (Lipinski definition) is 5. The van der Waals surface area contributed by atoms with E-state index in [9.17, 15) is 9.90 Å². The first kappa shape index (κ1) is 19.5. The summed E-state index contributed by atoms with van der Waals surface area (Å²) in [4.78, 5) is 12.8. The van der Waals surface area contributed by atoms with Gasteiger partial charge in [0.05, 0.1) is 21.3 Å². The number of methoxy groups -OCH3 is 3. The Labute approximate surface area is 164 Å². The van der Waals surface area contributed by atoms with Gasteiger partial charge in [-0.05, 0) is 43.0 Å². The van der Waals surface area contributed by atoms with Crippen LogP contribution in [0.15, 0.2) is 59.4 Å². The van der Waals surface area contributed by atoms with Crippen LogP contribution in [0.25, 0.3) is 6.08 Å². The maximum atomic E-state index is 12.8. The summed E-state index contributed by atoms with van der Waals surface area (Å²) in [5, 5.41) is 10.8. The van der Waals surface area contributed by atoms with Crippen LogP contribution < -0.4 is 14.2 Å². The van der Waals surface area contributed by atoms with Gasteiger partial charge in [-0.25, -0.2) is 0 Å². The second-order valence-electron chi connectivity index (χ2n) is 6.47. The number of aliphatic hydroxyl groups excluding tert-OH is 1. The van der Waals surface area contributed by atoms with Gasteiger partial charge in [0.15, 0.2) is 17.3 Å².